The fourth-order valence-corrected chi connectivity index (χ4v) is 4.39. The van der Waals surface area contributed by atoms with Crippen LogP contribution in [0.2, 0.25) is 0 Å². The number of hydrogen-bond acceptors (Lipinski definition) is 3. The predicted octanol–water partition coefficient (Wildman–Crippen LogP) is 4.71. The maximum atomic E-state index is 13.4. The molecule has 0 unspecified atom stereocenters. The molecule has 4 nitrogen and oxygen atoms in total. The molecule has 3 rings (SSSR count). The number of nitrogens with zero attached hydrogens (tertiary/aromatic N) is 1. The lowest BCUT2D eigenvalue weighted by atomic mass is 10.1. The SMILES string of the molecule is COc1cccc(N(Cc2ccc(C)cc2)S(=O)(=O)c2cccc(C)c2)c1. The molecule has 0 aliphatic heterocycles. The molecule has 0 spiro atoms. The van der Waals surface area contributed by atoms with Crippen LogP contribution in [-0.2, 0) is 16.6 Å². The Balaban J connectivity index is 2.09. The number of benzene rings is 3. The molecule has 0 atom stereocenters. The van der Waals surface area contributed by atoms with Crippen LogP contribution in [0.1, 0.15) is 16.7 Å². The third-order valence-corrected chi connectivity index (χ3v) is 6.14. The van der Waals surface area contributed by atoms with Crippen molar-refractivity contribution >= 4 is 15.7 Å². The van der Waals surface area contributed by atoms with Gasteiger partial charge in [0, 0.05) is 6.07 Å². The summed E-state index contributed by atoms with van der Waals surface area (Å²) in [5.74, 6) is 0.612. The fraction of sp³-hybridized carbons (Fsp3) is 0.182. The molecule has 0 aliphatic carbocycles. The normalized spacial score (nSPS) is 11.2. The van der Waals surface area contributed by atoms with E-state index in [4.69, 9.17) is 4.74 Å². The van der Waals surface area contributed by atoms with Gasteiger partial charge in [-0.05, 0) is 49.2 Å². The maximum Gasteiger partial charge on any atom is 0.264 e. The van der Waals surface area contributed by atoms with Crippen molar-refractivity contribution < 1.29 is 13.2 Å². The molecule has 0 N–H and O–H groups in total. The highest BCUT2D eigenvalue weighted by molar-refractivity contribution is 7.92. The number of aryl methyl sites for hydroxylation is 2. The Morgan fingerprint density at radius 3 is 2.22 bits per heavy atom. The van der Waals surface area contributed by atoms with Gasteiger partial charge in [-0.2, -0.15) is 0 Å². The third kappa shape index (κ3) is 4.31. The van der Waals surface area contributed by atoms with E-state index in [9.17, 15) is 8.42 Å². The number of anilines is 1. The first kappa shape index (κ1) is 19.0. The van der Waals surface area contributed by atoms with Crippen molar-refractivity contribution in [1.82, 2.24) is 0 Å². The molecule has 0 heterocycles. The predicted molar refractivity (Wildman–Crippen MR) is 109 cm³/mol. The average molecular weight is 381 g/mol. The molecule has 0 saturated carbocycles. The van der Waals surface area contributed by atoms with Crippen LogP contribution in [0.3, 0.4) is 0 Å². The van der Waals surface area contributed by atoms with Crippen LogP contribution in [-0.4, -0.2) is 15.5 Å². The van der Waals surface area contributed by atoms with Crippen molar-refractivity contribution in [2.75, 3.05) is 11.4 Å². The third-order valence-electron chi connectivity index (χ3n) is 4.37. The minimum atomic E-state index is -3.73. The zero-order chi connectivity index (χ0) is 19.4. The highest BCUT2D eigenvalue weighted by Gasteiger charge is 2.25. The van der Waals surface area contributed by atoms with Crippen LogP contribution in [0, 0.1) is 13.8 Å². The van der Waals surface area contributed by atoms with Crippen LogP contribution in [0.5, 0.6) is 5.75 Å². The van der Waals surface area contributed by atoms with Gasteiger partial charge >= 0.3 is 0 Å². The van der Waals surface area contributed by atoms with E-state index < -0.39 is 10.0 Å². The Bertz CT molecular complexity index is 1030. The standard InChI is InChI=1S/C22H23NO3S/c1-17-10-12-19(13-11-17)16-23(20-7-5-8-21(15-20)26-3)27(24,25)22-9-4-6-18(2)14-22/h4-15H,16H2,1-3H3. The van der Waals surface area contributed by atoms with Crippen molar-refractivity contribution in [3.63, 3.8) is 0 Å². The van der Waals surface area contributed by atoms with Crippen LogP contribution in [0.25, 0.3) is 0 Å². The Morgan fingerprint density at radius 1 is 0.852 bits per heavy atom. The Labute approximate surface area is 161 Å². The second-order valence-electron chi connectivity index (χ2n) is 6.52. The number of methoxy groups -OCH3 is 1. The van der Waals surface area contributed by atoms with Gasteiger partial charge < -0.3 is 4.74 Å². The first-order valence-electron chi connectivity index (χ1n) is 8.69. The van der Waals surface area contributed by atoms with Gasteiger partial charge in [0.1, 0.15) is 5.75 Å². The lowest BCUT2D eigenvalue weighted by molar-refractivity contribution is 0.415. The molecule has 0 aromatic heterocycles. The molecule has 0 fully saturated rings. The summed E-state index contributed by atoms with van der Waals surface area (Å²) in [4.78, 5) is 0.275. The topological polar surface area (TPSA) is 46.6 Å². The summed E-state index contributed by atoms with van der Waals surface area (Å²) in [6.07, 6.45) is 0. The molecule has 0 amide bonds. The van der Waals surface area contributed by atoms with Gasteiger partial charge in [0.15, 0.2) is 0 Å². The molecule has 0 aliphatic rings. The van der Waals surface area contributed by atoms with E-state index in [1.54, 1.807) is 49.6 Å². The van der Waals surface area contributed by atoms with Gasteiger partial charge in [-0.1, -0.05) is 48.0 Å². The van der Waals surface area contributed by atoms with Gasteiger partial charge in [0.2, 0.25) is 0 Å². The van der Waals surface area contributed by atoms with Gasteiger partial charge in [0.05, 0.1) is 24.2 Å². The van der Waals surface area contributed by atoms with Crippen molar-refractivity contribution in [3.8, 4) is 5.75 Å². The number of sulfonamides is 1. The van der Waals surface area contributed by atoms with E-state index in [1.165, 1.54) is 4.31 Å². The van der Waals surface area contributed by atoms with Crippen molar-refractivity contribution in [3.05, 3.63) is 89.5 Å². The second kappa shape index (κ2) is 7.84. The quantitative estimate of drug-likeness (QED) is 0.621. The Hall–Kier alpha value is -2.79. The van der Waals surface area contributed by atoms with Gasteiger partial charge in [-0.15, -0.1) is 0 Å². The largest absolute Gasteiger partial charge is 0.497 e. The number of hydrogen-bond donors (Lipinski definition) is 0. The molecule has 0 radical (unpaired) electrons. The summed E-state index contributed by atoms with van der Waals surface area (Å²) in [5.41, 5.74) is 3.52. The Morgan fingerprint density at radius 2 is 1.56 bits per heavy atom. The average Bonchev–Trinajstić information content (AvgIpc) is 2.67. The van der Waals surface area contributed by atoms with E-state index in [2.05, 4.69) is 0 Å². The summed E-state index contributed by atoms with van der Waals surface area (Å²) in [5, 5.41) is 0. The minimum absolute atomic E-state index is 0.240. The number of rotatable bonds is 6. The molecule has 27 heavy (non-hydrogen) atoms. The van der Waals surface area contributed by atoms with Crippen molar-refractivity contribution in [2.24, 2.45) is 0 Å². The van der Waals surface area contributed by atoms with Crippen LogP contribution >= 0.6 is 0 Å². The molecule has 0 bridgehead atoms. The lowest BCUT2D eigenvalue weighted by Gasteiger charge is -2.25. The number of ether oxygens (including phenoxy) is 1. The minimum Gasteiger partial charge on any atom is -0.497 e. The van der Waals surface area contributed by atoms with Gasteiger partial charge in [-0.3, -0.25) is 4.31 Å². The Kier molecular flexibility index (Phi) is 5.51. The van der Waals surface area contributed by atoms with E-state index in [1.807, 2.05) is 44.2 Å². The first-order valence-corrected chi connectivity index (χ1v) is 10.1. The maximum absolute atomic E-state index is 13.4. The van der Waals surface area contributed by atoms with E-state index >= 15 is 0 Å². The summed E-state index contributed by atoms with van der Waals surface area (Å²) in [7, 11) is -2.16. The van der Waals surface area contributed by atoms with Gasteiger partial charge in [0.25, 0.3) is 10.0 Å². The molecule has 5 heteroatoms. The van der Waals surface area contributed by atoms with E-state index in [-0.39, 0.29) is 11.4 Å². The smallest absolute Gasteiger partial charge is 0.264 e. The van der Waals surface area contributed by atoms with Crippen molar-refractivity contribution in [1.29, 1.82) is 0 Å². The summed E-state index contributed by atoms with van der Waals surface area (Å²) in [6.45, 7) is 4.13. The summed E-state index contributed by atoms with van der Waals surface area (Å²) in [6, 6.07) is 22.0. The van der Waals surface area contributed by atoms with Crippen LogP contribution in [0.15, 0.2) is 77.7 Å². The lowest BCUT2D eigenvalue weighted by Crippen LogP contribution is -2.30. The molecule has 0 saturated heterocycles. The van der Waals surface area contributed by atoms with Crippen LogP contribution < -0.4 is 9.04 Å². The zero-order valence-electron chi connectivity index (χ0n) is 15.7. The molecular weight excluding hydrogens is 358 g/mol. The second-order valence-corrected chi connectivity index (χ2v) is 8.38. The first-order chi connectivity index (χ1) is 12.9. The highest BCUT2D eigenvalue weighted by atomic mass is 32.2. The molecule has 3 aromatic rings. The molecular formula is C22H23NO3S. The summed E-state index contributed by atoms with van der Waals surface area (Å²) >= 11 is 0. The fourth-order valence-electron chi connectivity index (χ4n) is 2.84. The molecule has 3 aromatic carbocycles. The highest BCUT2D eigenvalue weighted by Crippen LogP contribution is 2.29. The van der Waals surface area contributed by atoms with Crippen LogP contribution in [0.4, 0.5) is 5.69 Å². The zero-order valence-corrected chi connectivity index (χ0v) is 16.5. The summed E-state index contributed by atoms with van der Waals surface area (Å²) < 4.78 is 33.6. The molecule has 140 valence electrons. The van der Waals surface area contributed by atoms with E-state index in [0.717, 1.165) is 16.7 Å². The van der Waals surface area contributed by atoms with E-state index in [0.29, 0.717) is 11.4 Å². The van der Waals surface area contributed by atoms with Gasteiger partial charge in [-0.25, -0.2) is 8.42 Å². The monoisotopic (exact) mass is 381 g/mol. The van der Waals surface area contributed by atoms with Crippen molar-refractivity contribution in [2.45, 2.75) is 25.3 Å².